The van der Waals surface area contributed by atoms with Gasteiger partial charge in [0.2, 0.25) is 5.91 Å². The van der Waals surface area contributed by atoms with Gasteiger partial charge in [-0.1, -0.05) is 26.0 Å². The van der Waals surface area contributed by atoms with Crippen LogP contribution in [0.4, 0.5) is 11.4 Å². The van der Waals surface area contributed by atoms with E-state index >= 15 is 0 Å². The molecule has 0 saturated heterocycles. The van der Waals surface area contributed by atoms with E-state index in [4.69, 9.17) is 10.00 Å². The zero-order valence-corrected chi connectivity index (χ0v) is 15.7. The molecule has 0 aliphatic rings. The summed E-state index contributed by atoms with van der Waals surface area (Å²) in [4.78, 5) is 12.2. The first-order valence-electron chi connectivity index (χ1n) is 8.73. The lowest BCUT2D eigenvalue weighted by molar-refractivity contribution is -0.114. The van der Waals surface area contributed by atoms with Gasteiger partial charge in [-0.2, -0.15) is 5.26 Å². The molecule has 2 N–H and O–H groups in total. The largest absolute Gasteiger partial charge is 0.489 e. The van der Waals surface area contributed by atoms with Gasteiger partial charge in [-0.25, -0.2) is 0 Å². The molecule has 2 aromatic rings. The number of benzene rings is 2. The van der Waals surface area contributed by atoms with Crippen LogP contribution < -0.4 is 15.4 Å². The first-order chi connectivity index (χ1) is 12.4. The average Bonchev–Trinajstić information content (AvgIpc) is 2.61. The summed E-state index contributed by atoms with van der Waals surface area (Å²) in [6, 6.07) is 15.0. The third kappa shape index (κ3) is 5.52. The molecule has 2 aromatic carbocycles. The first kappa shape index (κ1) is 19.3. The number of hydrogen-bond donors (Lipinski definition) is 2. The van der Waals surface area contributed by atoms with Crippen LogP contribution in [0.15, 0.2) is 42.5 Å². The molecule has 0 bridgehead atoms. The smallest absolute Gasteiger partial charge is 0.243 e. The number of nitriles is 1. The quantitative estimate of drug-likeness (QED) is 0.769. The Morgan fingerprint density at radius 1 is 1.12 bits per heavy atom. The van der Waals surface area contributed by atoms with Gasteiger partial charge in [-0.05, 0) is 55.7 Å². The predicted octanol–water partition coefficient (Wildman–Crippen LogP) is 4.52. The summed E-state index contributed by atoms with van der Waals surface area (Å²) in [5, 5.41) is 15.0. The lowest BCUT2D eigenvalue weighted by Gasteiger charge is -2.16. The molecule has 0 unspecified atom stereocenters. The van der Waals surface area contributed by atoms with E-state index in [0.717, 1.165) is 5.69 Å². The van der Waals surface area contributed by atoms with E-state index in [9.17, 15) is 4.79 Å². The molecular formula is C21H25N3O2. The van der Waals surface area contributed by atoms with Crippen molar-refractivity contribution in [3.63, 3.8) is 0 Å². The maximum atomic E-state index is 12.2. The van der Waals surface area contributed by atoms with Crippen LogP contribution in [0.1, 0.15) is 44.7 Å². The molecule has 0 aliphatic heterocycles. The Labute approximate surface area is 155 Å². The van der Waals surface area contributed by atoms with E-state index in [2.05, 4.69) is 30.6 Å². The van der Waals surface area contributed by atoms with Crippen molar-refractivity contribution < 1.29 is 9.53 Å². The normalized spacial score (nSPS) is 10.5. The Kier molecular flexibility index (Phi) is 6.62. The van der Waals surface area contributed by atoms with Gasteiger partial charge < -0.3 is 15.4 Å². The summed E-state index contributed by atoms with van der Waals surface area (Å²) in [5.74, 6) is 0.904. The number of ether oxygens (including phenoxy) is 1. The van der Waals surface area contributed by atoms with Gasteiger partial charge in [0.15, 0.2) is 0 Å². The van der Waals surface area contributed by atoms with Crippen LogP contribution in [0.25, 0.3) is 0 Å². The maximum absolute atomic E-state index is 12.2. The number of carbonyl (C=O) groups excluding carboxylic acids is 1. The molecule has 5 heteroatoms. The summed E-state index contributed by atoms with van der Waals surface area (Å²) < 4.78 is 5.73. The molecule has 0 fully saturated rings. The Bertz CT molecular complexity index is 790. The van der Waals surface area contributed by atoms with Crippen LogP contribution in [0.3, 0.4) is 0 Å². The lowest BCUT2D eigenvalue weighted by Crippen LogP contribution is -2.22. The molecule has 136 valence electrons. The standard InChI is InChI=1S/C21H25N3O2/c1-14(2)17-6-8-18(9-7-17)24-21(25)13-23-19-11-16(12-22)5-10-20(19)26-15(3)4/h5-11,14-15,23H,13H2,1-4H3,(H,24,25). The molecule has 0 aliphatic carbocycles. The van der Waals surface area contributed by atoms with E-state index in [1.165, 1.54) is 5.56 Å². The summed E-state index contributed by atoms with van der Waals surface area (Å²) >= 11 is 0. The zero-order valence-electron chi connectivity index (χ0n) is 15.7. The summed E-state index contributed by atoms with van der Waals surface area (Å²) in [7, 11) is 0. The minimum atomic E-state index is -0.167. The Hall–Kier alpha value is -3.00. The highest BCUT2D eigenvalue weighted by Gasteiger charge is 2.09. The zero-order chi connectivity index (χ0) is 19.1. The van der Waals surface area contributed by atoms with Crippen LogP contribution in [0.2, 0.25) is 0 Å². The number of nitrogens with one attached hydrogen (secondary N) is 2. The minimum absolute atomic E-state index is 0.00298. The van der Waals surface area contributed by atoms with Crippen LogP contribution in [-0.4, -0.2) is 18.6 Å². The molecule has 0 spiro atoms. The highest BCUT2D eigenvalue weighted by atomic mass is 16.5. The lowest BCUT2D eigenvalue weighted by atomic mass is 10.0. The minimum Gasteiger partial charge on any atom is -0.489 e. The molecule has 5 nitrogen and oxygen atoms in total. The number of carbonyl (C=O) groups is 1. The third-order valence-corrected chi connectivity index (χ3v) is 3.77. The summed E-state index contributed by atoms with van der Waals surface area (Å²) in [6.07, 6.45) is -0.00298. The first-order valence-corrected chi connectivity index (χ1v) is 8.73. The van der Waals surface area contributed by atoms with Crippen molar-refractivity contribution in [3.8, 4) is 11.8 Å². The van der Waals surface area contributed by atoms with Gasteiger partial charge in [0.05, 0.1) is 30.0 Å². The topological polar surface area (TPSA) is 74.1 Å². The third-order valence-electron chi connectivity index (χ3n) is 3.77. The maximum Gasteiger partial charge on any atom is 0.243 e. The SMILES string of the molecule is CC(C)Oc1ccc(C#N)cc1NCC(=O)Nc1ccc(C(C)C)cc1. The molecule has 1 amide bonds. The van der Waals surface area contributed by atoms with Crippen LogP contribution in [-0.2, 0) is 4.79 Å². The Balaban J connectivity index is 2.01. The number of hydrogen-bond acceptors (Lipinski definition) is 4. The van der Waals surface area contributed by atoms with E-state index < -0.39 is 0 Å². The predicted molar refractivity (Wildman–Crippen MR) is 105 cm³/mol. The second-order valence-corrected chi connectivity index (χ2v) is 6.67. The van der Waals surface area contributed by atoms with Crippen molar-refractivity contribution in [3.05, 3.63) is 53.6 Å². The van der Waals surface area contributed by atoms with E-state index in [1.807, 2.05) is 38.1 Å². The highest BCUT2D eigenvalue weighted by Crippen LogP contribution is 2.26. The molecule has 0 atom stereocenters. The van der Waals surface area contributed by atoms with E-state index in [0.29, 0.717) is 22.9 Å². The fourth-order valence-electron chi connectivity index (χ4n) is 2.43. The van der Waals surface area contributed by atoms with Crippen molar-refractivity contribution in [2.45, 2.75) is 39.7 Å². The van der Waals surface area contributed by atoms with Crippen molar-refractivity contribution in [2.24, 2.45) is 0 Å². The van der Waals surface area contributed by atoms with Crippen LogP contribution >= 0.6 is 0 Å². The molecule has 0 radical (unpaired) electrons. The van der Waals surface area contributed by atoms with Crippen molar-refractivity contribution in [1.29, 1.82) is 5.26 Å². The number of amides is 1. The Morgan fingerprint density at radius 3 is 2.38 bits per heavy atom. The van der Waals surface area contributed by atoms with Crippen molar-refractivity contribution in [2.75, 3.05) is 17.2 Å². The molecule has 26 heavy (non-hydrogen) atoms. The van der Waals surface area contributed by atoms with Gasteiger partial charge in [-0.15, -0.1) is 0 Å². The molecule has 0 aromatic heterocycles. The van der Waals surface area contributed by atoms with Crippen molar-refractivity contribution >= 4 is 17.3 Å². The van der Waals surface area contributed by atoms with Gasteiger partial charge in [0.1, 0.15) is 5.75 Å². The second kappa shape index (κ2) is 8.91. The number of rotatable bonds is 7. The summed E-state index contributed by atoms with van der Waals surface area (Å²) in [6.45, 7) is 8.19. The van der Waals surface area contributed by atoms with Gasteiger partial charge in [0, 0.05) is 5.69 Å². The average molecular weight is 351 g/mol. The molecule has 0 saturated carbocycles. The van der Waals surface area contributed by atoms with Gasteiger partial charge in [0.25, 0.3) is 0 Å². The van der Waals surface area contributed by atoms with E-state index in [-0.39, 0.29) is 18.6 Å². The number of nitrogens with zero attached hydrogens (tertiary/aromatic N) is 1. The molecule has 0 heterocycles. The van der Waals surface area contributed by atoms with Gasteiger partial charge in [-0.3, -0.25) is 4.79 Å². The molecular weight excluding hydrogens is 326 g/mol. The fourth-order valence-corrected chi connectivity index (χ4v) is 2.43. The van der Waals surface area contributed by atoms with Crippen LogP contribution in [0, 0.1) is 11.3 Å². The fraction of sp³-hybridized carbons (Fsp3) is 0.333. The highest BCUT2D eigenvalue weighted by molar-refractivity contribution is 5.94. The monoisotopic (exact) mass is 351 g/mol. The van der Waals surface area contributed by atoms with E-state index in [1.54, 1.807) is 18.2 Å². The summed E-state index contributed by atoms with van der Waals surface area (Å²) in [5.41, 5.74) is 3.12. The number of anilines is 2. The second-order valence-electron chi connectivity index (χ2n) is 6.67. The van der Waals surface area contributed by atoms with Gasteiger partial charge >= 0.3 is 0 Å². The van der Waals surface area contributed by atoms with Crippen molar-refractivity contribution in [1.82, 2.24) is 0 Å². The Morgan fingerprint density at radius 2 is 1.81 bits per heavy atom. The molecule has 2 rings (SSSR count). The van der Waals surface area contributed by atoms with Crippen LogP contribution in [0.5, 0.6) is 5.75 Å².